The molecule has 0 aliphatic carbocycles. The summed E-state index contributed by atoms with van der Waals surface area (Å²) in [7, 11) is -5.39. The Balaban J connectivity index is -0.000000117. The van der Waals surface area contributed by atoms with Crippen molar-refractivity contribution in [2.45, 2.75) is 6.42 Å². The van der Waals surface area contributed by atoms with Gasteiger partial charge in [0.1, 0.15) is 0 Å². The fourth-order valence-electron chi connectivity index (χ4n) is 0.799. The van der Waals surface area contributed by atoms with E-state index in [1.807, 2.05) is 31.4 Å². The van der Waals surface area contributed by atoms with Gasteiger partial charge in [-0.2, -0.15) is 16.8 Å². The first-order valence-corrected chi connectivity index (χ1v) is 9.02. The molecule has 1 rings (SSSR count). The lowest BCUT2D eigenvalue weighted by Gasteiger charge is -1.96. The zero-order valence-corrected chi connectivity index (χ0v) is 14.4. The van der Waals surface area contributed by atoms with E-state index in [9.17, 15) is 16.8 Å². The normalized spacial score (nSPS) is 9.68. The second kappa shape index (κ2) is 15.9. The summed E-state index contributed by atoms with van der Waals surface area (Å²) >= 11 is 0. The van der Waals surface area contributed by atoms with E-state index in [1.54, 1.807) is 0 Å². The van der Waals surface area contributed by atoms with Gasteiger partial charge in [0, 0.05) is 24.9 Å². The lowest BCUT2D eigenvalue weighted by atomic mass is 10.3. The molecule has 0 aromatic carbocycles. The molecule has 0 bridgehead atoms. The molecule has 0 spiro atoms. The van der Waals surface area contributed by atoms with Crippen molar-refractivity contribution in [2.75, 3.05) is 26.1 Å². The van der Waals surface area contributed by atoms with Crippen LogP contribution >= 0.6 is 12.4 Å². The molecule has 0 saturated heterocycles. The number of aromatic nitrogens is 1. The monoisotopic (exact) mass is 390 g/mol. The topological polar surface area (TPSA) is 134 Å². The second-order valence-electron chi connectivity index (χ2n) is 3.64. The average Bonchev–Trinajstić information content (AvgIpc) is 2.23. The van der Waals surface area contributed by atoms with Crippen molar-refractivity contribution < 1.29 is 25.9 Å². The molecule has 22 heavy (non-hydrogen) atoms. The summed E-state index contributed by atoms with van der Waals surface area (Å²) < 4.78 is 51.7. The lowest BCUT2D eigenvalue weighted by Crippen LogP contribution is -2.10. The van der Waals surface area contributed by atoms with E-state index in [2.05, 4.69) is 10.3 Å². The van der Waals surface area contributed by atoms with E-state index < -0.39 is 20.2 Å². The number of likely N-dealkylation sites (N-methyl/N-ethyl adjacent to an activating group) is 1. The van der Waals surface area contributed by atoms with Crippen molar-refractivity contribution in [3.05, 3.63) is 30.1 Å². The van der Waals surface area contributed by atoms with Crippen molar-refractivity contribution in [2.24, 2.45) is 0 Å². The third-order valence-electron chi connectivity index (χ3n) is 1.36. The van der Waals surface area contributed by atoms with E-state index in [1.165, 1.54) is 0 Å². The minimum absolute atomic E-state index is 0. The molecule has 0 aliphatic rings. The van der Waals surface area contributed by atoms with Gasteiger partial charge >= 0.3 is 23.1 Å². The maximum Gasteiger partial charge on any atom is 0.316 e. The van der Waals surface area contributed by atoms with E-state index in [0.717, 1.165) is 18.7 Å². The second-order valence-corrected chi connectivity index (χ2v) is 6.57. The highest BCUT2D eigenvalue weighted by Crippen LogP contribution is 1.92. The summed E-state index contributed by atoms with van der Waals surface area (Å²) in [5.41, 5.74) is 1.15. The van der Waals surface area contributed by atoms with Crippen LogP contribution in [0.5, 0.6) is 0 Å². The maximum absolute atomic E-state index is 9.19. The molecule has 130 valence electrons. The molecular formula is C10H23ClMgN2O6S2. The van der Waals surface area contributed by atoms with E-state index in [0.29, 0.717) is 12.5 Å². The summed E-state index contributed by atoms with van der Waals surface area (Å²) in [5.74, 6) is 0. The highest BCUT2D eigenvalue weighted by Gasteiger charge is 1.88. The van der Waals surface area contributed by atoms with Gasteiger partial charge in [-0.05, 0) is 19.2 Å². The predicted molar refractivity (Wildman–Crippen MR) is 92.6 cm³/mol. The highest BCUT2D eigenvalue weighted by atomic mass is 35.5. The van der Waals surface area contributed by atoms with Gasteiger partial charge in [0.15, 0.2) is 0 Å². The van der Waals surface area contributed by atoms with Crippen molar-refractivity contribution in [1.29, 1.82) is 0 Å². The van der Waals surface area contributed by atoms with Crippen LogP contribution in [0.2, 0.25) is 0 Å². The Morgan fingerprint density at radius 3 is 1.77 bits per heavy atom. The minimum atomic E-state index is -3.67. The Hall–Kier alpha value is -0.0138. The number of hydrogen-bond acceptors (Lipinski definition) is 6. The Kier molecular flexibility index (Phi) is 21.6. The molecule has 0 unspecified atom stereocenters. The summed E-state index contributed by atoms with van der Waals surface area (Å²) in [5, 5.41) is 3.08. The molecule has 1 heterocycles. The largest absolute Gasteiger partial charge is 0.319 e. The molecule has 0 atom stereocenters. The standard InChI is InChI=1S/C8H12N2.2CH4O3S.ClH.Mg.2H/c1-9-7-5-8-4-2-3-6-10-8;2*1-5(2,3)4;;;;/h2-4,6,9H,5,7H2,1H3;2*1H3,(H,2,3,4);1H;;;. The molecule has 0 saturated carbocycles. The molecule has 12 heteroatoms. The first kappa shape index (κ1) is 29.9. The third kappa shape index (κ3) is 50.1. The molecule has 0 aliphatic heterocycles. The van der Waals surface area contributed by atoms with E-state index in [-0.39, 0.29) is 35.5 Å². The molecule has 0 amide bonds. The number of pyridine rings is 1. The van der Waals surface area contributed by atoms with Crippen LogP contribution in [0.1, 0.15) is 5.69 Å². The van der Waals surface area contributed by atoms with Crippen LogP contribution < -0.4 is 5.32 Å². The Morgan fingerprint density at radius 1 is 1.09 bits per heavy atom. The number of halogens is 1. The summed E-state index contributed by atoms with van der Waals surface area (Å²) in [6.07, 6.45) is 4.27. The molecule has 1 aromatic heterocycles. The van der Waals surface area contributed by atoms with Crippen LogP contribution in [0.25, 0.3) is 0 Å². The zero-order chi connectivity index (χ0) is 16.2. The van der Waals surface area contributed by atoms with Gasteiger partial charge in [-0.25, -0.2) is 0 Å². The van der Waals surface area contributed by atoms with Gasteiger partial charge in [0.2, 0.25) is 0 Å². The highest BCUT2D eigenvalue weighted by molar-refractivity contribution is 7.85. The van der Waals surface area contributed by atoms with Crippen LogP contribution in [0.15, 0.2) is 24.4 Å². The van der Waals surface area contributed by atoms with Gasteiger partial charge in [0.25, 0.3) is 20.2 Å². The molecular weight excluding hydrogens is 368 g/mol. The number of rotatable bonds is 3. The Morgan fingerprint density at radius 2 is 1.50 bits per heavy atom. The lowest BCUT2D eigenvalue weighted by molar-refractivity contribution is 0.488. The van der Waals surface area contributed by atoms with Crippen LogP contribution in [-0.2, 0) is 26.7 Å². The third-order valence-corrected chi connectivity index (χ3v) is 1.36. The fraction of sp³-hybridized carbons (Fsp3) is 0.500. The molecule has 3 N–H and O–H groups in total. The molecule has 8 nitrogen and oxygen atoms in total. The van der Waals surface area contributed by atoms with Gasteiger partial charge in [0.05, 0.1) is 12.5 Å². The number of hydrogen-bond donors (Lipinski definition) is 3. The fourth-order valence-corrected chi connectivity index (χ4v) is 0.799. The maximum atomic E-state index is 9.19. The van der Waals surface area contributed by atoms with Crippen molar-refractivity contribution in [1.82, 2.24) is 10.3 Å². The Bertz CT molecular complexity index is 508. The first-order valence-electron chi connectivity index (χ1n) is 5.33. The van der Waals surface area contributed by atoms with Crippen molar-refractivity contribution in [3.63, 3.8) is 0 Å². The smallest absolute Gasteiger partial charge is 0.316 e. The van der Waals surface area contributed by atoms with Gasteiger partial charge < -0.3 is 5.32 Å². The molecule has 0 radical (unpaired) electrons. The average molecular weight is 391 g/mol. The van der Waals surface area contributed by atoms with E-state index in [4.69, 9.17) is 9.11 Å². The van der Waals surface area contributed by atoms with Crippen LogP contribution in [0, 0.1) is 0 Å². The van der Waals surface area contributed by atoms with Crippen molar-refractivity contribution >= 4 is 55.7 Å². The Labute approximate surface area is 154 Å². The number of nitrogens with one attached hydrogen (secondary N) is 1. The summed E-state index contributed by atoms with van der Waals surface area (Å²) in [4.78, 5) is 4.18. The minimum Gasteiger partial charge on any atom is -0.319 e. The van der Waals surface area contributed by atoms with Crippen LogP contribution in [0.3, 0.4) is 0 Å². The zero-order valence-electron chi connectivity index (χ0n) is 11.9. The van der Waals surface area contributed by atoms with Gasteiger partial charge in [-0.15, -0.1) is 12.4 Å². The van der Waals surface area contributed by atoms with E-state index >= 15 is 0 Å². The van der Waals surface area contributed by atoms with Crippen LogP contribution in [-0.4, -0.2) is 80.1 Å². The van der Waals surface area contributed by atoms with Crippen molar-refractivity contribution in [3.8, 4) is 0 Å². The first-order chi connectivity index (χ1) is 8.93. The number of nitrogens with zero attached hydrogens (tertiary/aromatic N) is 1. The molecule has 0 fully saturated rings. The summed E-state index contributed by atoms with van der Waals surface area (Å²) in [6, 6.07) is 5.98. The summed E-state index contributed by atoms with van der Waals surface area (Å²) in [6.45, 7) is 0.997. The van der Waals surface area contributed by atoms with Gasteiger partial charge in [-0.1, -0.05) is 6.07 Å². The van der Waals surface area contributed by atoms with Gasteiger partial charge in [-0.3, -0.25) is 14.1 Å². The molecule has 1 aromatic rings. The quantitative estimate of drug-likeness (QED) is 0.458. The SMILES string of the molecule is CNCCc1ccccn1.CS(=O)(=O)O.CS(=O)(=O)O.Cl.[MgH2]. The predicted octanol–water partition coefficient (Wildman–Crippen LogP) is -0.643. The van der Waals surface area contributed by atoms with Crippen LogP contribution in [0.4, 0.5) is 0 Å².